The van der Waals surface area contributed by atoms with Crippen LogP contribution in [0.2, 0.25) is 0 Å². The summed E-state index contributed by atoms with van der Waals surface area (Å²) in [6.45, 7) is 3.74. The second-order valence-electron chi connectivity index (χ2n) is 9.23. The fraction of sp³-hybridized carbons (Fsp3) is 0.480. The minimum atomic E-state index is -4.50. The minimum absolute atomic E-state index is 0.0432. The van der Waals surface area contributed by atoms with E-state index < -0.39 is 41.9 Å². The number of aliphatic carboxylic acids is 1. The molecule has 1 aliphatic heterocycles. The van der Waals surface area contributed by atoms with E-state index >= 15 is 0 Å². The maximum atomic E-state index is 13.3. The molecule has 186 valence electrons. The highest BCUT2D eigenvalue weighted by Gasteiger charge is 2.42. The molecule has 2 aromatic carbocycles. The molecule has 2 aromatic rings. The van der Waals surface area contributed by atoms with Gasteiger partial charge in [-0.25, -0.2) is 0 Å². The first-order valence-electron chi connectivity index (χ1n) is 11.1. The van der Waals surface area contributed by atoms with Gasteiger partial charge in [0.2, 0.25) is 0 Å². The van der Waals surface area contributed by atoms with Gasteiger partial charge in [0.1, 0.15) is 6.04 Å². The molecule has 0 saturated carbocycles. The quantitative estimate of drug-likeness (QED) is 0.420. The first-order chi connectivity index (χ1) is 15.8. The Morgan fingerprint density at radius 3 is 2.18 bits per heavy atom. The summed E-state index contributed by atoms with van der Waals surface area (Å²) in [4.78, 5) is 12.0. The number of nitrogens with one attached hydrogen (secondary N) is 1. The number of hydrogen-bond acceptors (Lipinski definition) is 2. The average molecular weight is 487 g/mol. The molecule has 0 spiro atoms. The number of halogens is 6. The first-order valence-corrected chi connectivity index (χ1v) is 11.1. The summed E-state index contributed by atoms with van der Waals surface area (Å²) in [6, 6.07) is 6.98. The second-order valence-corrected chi connectivity index (χ2v) is 9.23. The number of piperidine rings is 1. The number of carboxylic acid groups (broad SMARTS) is 1. The number of carboxylic acids is 1. The Morgan fingerprint density at radius 2 is 1.65 bits per heavy atom. The van der Waals surface area contributed by atoms with E-state index in [1.54, 1.807) is 18.2 Å². The molecule has 1 heterocycles. The normalized spacial score (nSPS) is 20.4. The summed E-state index contributed by atoms with van der Waals surface area (Å²) in [5.41, 5.74) is 0.985. The highest BCUT2D eigenvalue weighted by molar-refractivity contribution is 5.77. The van der Waals surface area contributed by atoms with Gasteiger partial charge in [-0.05, 0) is 72.1 Å². The molecule has 1 saturated heterocycles. The van der Waals surface area contributed by atoms with E-state index in [9.17, 15) is 36.2 Å². The summed E-state index contributed by atoms with van der Waals surface area (Å²) in [5.74, 6) is -1.91. The second kappa shape index (κ2) is 9.98. The van der Waals surface area contributed by atoms with Crippen LogP contribution in [0, 0.1) is 5.92 Å². The predicted molar refractivity (Wildman–Crippen MR) is 116 cm³/mol. The number of alkyl halides is 6. The fourth-order valence-electron chi connectivity index (χ4n) is 4.40. The lowest BCUT2D eigenvalue weighted by molar-refractivity contribution is -0.163. The van der Waals surface area contributed by atoms with E-state index in [4.69, 9.17) is 0 Å². The van der Waals surface area contributed by atoms with Gasteiger partial charge >= 0.3 is 18.3 Å². The van der Waals surface area contributed by atoms with Gasteiger partial charge in [0.15, 0.2) is 0 Å². The Morgan fingerprint density at radius 1 is 1.00 bits per heavy atom. The summed E-state index contributed by atoms with van der Waals surface area (Å²) in [6.07, 6.45) is -7.87. The zero-order valence-corrected chi connectivity index (χ0v) is 18.8. The van der Waals surface area contributed by atoms with Crippen LogP contribution in [0.3, 0.4) is 0 Å². The van der Waals surface area contributed by atoms with Crippen LogP contribution >= 0.6 is 0 Å². The van der Waals surface area contributed by atoms with E-state index in [1.807, 2.05) is 13.8 Å². The van der Waals surface area contributed by atoms with Gasteiger partial charge in [-0.1, -0.05) is 38.1 Å². The van der Waals surface area contributed by atoms with Gasteiger partial charge in [0.05, 0.1) is 11.5 Å². The molecule has 0 bridgehead atoms. The number of carbonyl (C=O) groups is 1. The molecule has 2 N–H and O–H groups in total. The molecular weight excluding hydrogens is 460 g/mol. The van der Waals surface area contributed by atoms with Crippen LogP contribution in [0.1, 0.15) is 68.2 Å². The van der Waals surface area contributed by atoms with Crippen LogP contribution in [-0.2, 0) is 11.0 Å². The molecule has 9 heteroatoms. The Labute approximate surface area is 194 Å². The molecule has 1 aliphatic rings. The van der Waals surface area contributed by atoms with Gasteiger partial charge in [0, 0.05) is 6.04 Å². The zero-order valence-electron chi connectivity index (χ0n) is 18.8. The molecule has 3 atom stereocenters. The van der Waals surface area contributed by atoms with Gasteiger partial charge in [0.25, 0.3) is 0 Å². The van der Waals surface area contributed by atoms with E-state index in [2.05, 4.69) is 5.32 Å². The molecule has 1 fully saturated rings. The Kier molecular flexibility index (Phi) is 7.65. The summed E-state index contributed by atoms with van der Waals surface area (Å²) < 4.78 is 78.9. The summed E-state index contributed by atoms with van der Waals surface area (Å²) >= 11 is 0. The molecule has 0 aromatic heterocycles. The molecule has 0 aliphatic carbocycles. The van der Waals surface area contributed by atoms with E-state index in [0.29, 0.717) is 41.5 Å². The molecule has 3 nitrogen and oxygen atoms in total. The maximum Gasteiger partial charge on any atom is 0.416 e. The largest absolute Gasteiger partial charge is 0.481 e. The first kappa shape index (κ1) is 26.1. The Bertz CT molecular complexity index is 998. The van der Waals surface area contributed by atoms with Crippen molar-refractivity contribution < 1.29 is 36.2 Å². The third kappa shape index (κ3) is 6.31. The van der Waals surface area contributed by atoms with E-state index in [1.165, 1.54) is 12.1 Å². The predicted octanol–water partition coefficient (Wildman–Crippen LogP) is 7.33. The topological polar surface area (TPSA) is 49.3 Å². The number of benzene rings is 2. The van der Waals surface area contributed by atoms with Crippen LogP contribution < -0.4 is 5.32 Å². The van der Waals surface area contributed by atoms with Gasteiger partial charge in [-0.15, -0.1) is 0 Å². The molecule has 3 rings (SSSR count). The standard InChI is InChI=1S/C25H27F6NO2/c1-14(2)10-20(23(33)34)17-11-16(15-6-8-19(9-7-15)24(26,27)28)12-18(13-17)21-4-3-5-22(32-21)25(29,30)31/h6-9,11-14,20-22,32H,3-5,10H2,1-2H3,(H,33,34)/t20-,21?,22-/m1/s1. The van der Waals surface area contributed by atoms with Crippen molar-refractivity contribution in [1.82, 2.24) is 5.32 Å². The van der Waals surface area contributed by atoms with Crippen molar-refractivity contribution in [2.24, 2.45) is 5.92 Å². The van der Waals surface area contributed by atoms with Gasteiger partial charge < -0.3 is 5.11 Å². The third-order valence-electron chi connectivity index (χ3n) is 6.12. The molecule has 0 amide bonds. The number of hydrogen-bond donors (Lipinski definition) is 2. The summed E-state index contributed by atoms with van der Waals surface area (Å²) in [5, 5.41) is 12.5. The Balaban J connectivity index is 2.07. The highest BCUT2D eigenvalue weighted by atomic mass is 19.4. The smallest absolute Gasteiger partial charge is 0.416 e. The van der Waals surface area contributed by atoms with Crippen LogP contribution in [0.4, 0.5) is 26.3 Å². The van der Waals surface area contributed by atoms with Crippen molar-refractivity contribution in [3.8, 4) is 11.1 Å². The van der Waals surface area contributed by atoms with Gasteiger partial charge in [-0.3, -0.25) is 10.1 Å². The maximum absolute atomic E-state index is 13.3. The highest BCUT2D eigenvalue weighted by Crippen LogP contribution is 2.38. The van der Waals surface area contributed by atoms with Crippen LogP contribution in [-0.4, -0.2) is 23.3 Å². The SMILES string of the molecule is CC(C)C[C@@H](C(=O)O)c1cc(-c2ccc(C(F)(F)F)cc2)cc(C2CCC[C@H](C(F)(F)F)N2)c1. The minimum Gasteiger partial charge on any atom is -0.481 e. The lowest BCUT2D eigenvalue weighted by Gasteiger charge is -2.33. The van der Waals surface area contributed by atoms with Crippen LogP contribution in [0.15, 0.2) is 42.5 Å². The van der Waals surface area contributed by atoms with Crippen LogP contribution in [0.5, 0.6) is 0 Å². The lowest BCUT2D eigenvalue weighted by atomic mass is 9.84. The van der Waals surface area contributed by atoms with Crippen LogP contribution in [0.25, 0.3) is 11.1 Å². The summed E-state index contributed by atoms with van der Waals surface area (Å²) in [7, 11) is 0. The Hall–Kier alpha value is -2.55. The monoisotopic (exact) mass is 487 g/mol. The van der Waals surface area contributed by atoms with Crippen molar-refractivity contribution in [3.63, 3.8) is 0 Å². The molecule has 1 unspecified atom stereocenters. The molecular formula is C25H27F6NO2. The lowest BCUT2D eigenvalue weighted by Crippen LogP contribution is -2.46. The fourth-order valence-corrected chi connectivity index (χ4v) is 4.40. The van der Waals surface area contributed by atoms with E-state index in [0.717, 1.165) is 12.1 Å². The number of rotatable bonds is 6. The van der Waals surface area contributed by atoms with Crippen molar-refractivity contribution in [2.45, 2.75) is 69.9 Å². The van der Waals surface area contributed by atoms with Crippen molar-refractivity contribution >= 4 is 5.97 Å². The van der Waals surface area contributed by atoms with Gasteiger partial charge in [-0.2, -0.15) is 26.3 Å². The van der Waals surface area contributed by atoms with E-state index in [-0.39, 0.29) is 12.3 Å². The third-order valence-corrected chi connectivity index (χ3v) is 6.12. The van der Waals surface area contributed by atoms with Crippen molar-refractivity contribution in [2.75, 3.05) is 0 Å². The average Bonchev–Trinajstić information content (AvgIpc) is 2.76. The molecule has 0 radical (unpaired) electrons. The van der Waals surface area contributed by atoms with Crippen molar-refractivity contribution in [1.29, 1.82) is 0 Å². The van der Waals surface area contributed by atoms with Crippen molar-refractivity contribution in [3.05, 3.63) is 59.2 Å². The zero-order chi connectivity index (χ0) is 25.3. The molecule has 34 heavy (non-hydrogen) atoms.